The monoisotopic (exact) mass is 274 g/mol. The maximum absolute atomic E-state index is 5.24. The molecule has 4 nitrogen and oxygen atoms in total. The molecule has 19 heavy (non-hydrogen) atoms. The molecule has 2 aromatic rings. The third-order valence-corrected chi connectivity index (χ3v) is 3.05. The van der Waals surface area contributed by atoms with Crippen molar-refractivity contribution in [2.45, 2.75) is 26.6 Å². The van der Waals surface area contributed by atoms with Gasteiger partial charge in [-0.15, -0.1) is 0 Å². The molecule has 1 aromatic heterocycles. The zero-order valence-electron chi connectivity index (χ0n) is 11.0. The van der Waals surface area contributed by atoms with Crippen molar-refractivity contribution in [3.63, 3.8) is 0 Å². The Morgan fingerprint density at radius 3 is 2.47 bits per heavy atom. The number of thiocarbonyl (C=S) groups is 1. The van der Waals surface area contributed by atoms with Crippen molar-refractivity contribution in [3.05, 3.63) is 53.9 Å². The van der Waals surface area contributed by atoms with E-state index in [1.807, 2.05) is 35.3 Å². The Labute approximate surface area is 118 Å². The molecule has 0 radical (unpaired) electrons. The van der Waals surface area contributed by atoms with Gasteiger partial charge in [-0.05, 0) is 24.7 Å². The average Bonchev–Trinajstić information content (AvgIpc) is 2.92. The minimum atomic E-state index is 0.660. The minimum absolute atomic E-state index is 0.660. The molecule has 2 N–H and O–H groups in total. The van der Waals surface area contributed by atoms with E-state index in [1.54, 1.807) is 0 Å². The summed E-state index contributed by atoms with van der Waals surface area (Å²) in [5.41, 5.74) is 2.34. The molecule has 5 heteroatoms. The lowest BCUT2D eigenvalue weighted by Gasteiger charge is -2.09. The minimum Gasteiger partial charge on any atom is -0.359 e. The maximum Gasteiger partial charge on any atom is 0.166 e. The lowest BCUT2D eigenvalue weighted by Crippen LogP contribution is -2.34. The van der Waals surface area contributed by atoms with Crippen LogP contribution in [-0.2, 0) is 19.6 Å². The molecule has 0 atom stereocenters. The molecule has 0 unspecified atom stereocenters. The third-order valence-electron chi connectivity index (χ3n) is 2.76. The lowest BCUT2D eigenvalue weighted by atomic mass is 10.2. The molecule has 0 aliphatic carbocycles. The van der Waals surface area contributed by atoms with Crippen LogP contribution in [-0.4, -0.2) is 14.9 Å². The van der Waals surface area contributed by atoms with Crippen LogP contribution in [0.4, 0.5) is 0 Å². The number of hydrogen-bond acceptors (Lipinski definition) is 2. The Morgan fingerprint density at radius 2 is 1.84 bits per heavy atom. The first-order chi connectivity index (χ1) is 9.28. The molecular formula is C14H18N4S. The van der Waals surface area contributed by atoms with E-state index in [0.29, 0.717) is 11.7 Å². The Balaban J connectivity index is 1.73. The van der Waals surface area contributed by atoms with Crippen molar-refractivity contribution in [1.82, 2.24) is 20.4 Å². The van der Waals surface area contributed by atoms with Gasteiger partial charge in [0, 0.05) is 31.4 Å². The Hall–Kier alpha value is -1.88. The summed E-state index contributed by atoms with van der Waals surface area (Å²) in [6, 6.07) is 10.2. The molecule has 0 spiro atoms. The van der Waals surface area contributed by atoms with E-state index in [9.17, 15) is 0 Å². The van der Waals surface area contributed by atoms with Crippen LogP contribution in [0.15, 0.2) is 42.7 Å². The third kappa shape index (κ3) is 4.37. The van der Waals surface area contributed by atoms with Gasteiger partial charge in [0.15, 0.2) is 5.11 Å². The number of benzene rings is 1. The van der Waals surface area contributed by atoms with Crippen LogP contribution in [0.2, 0.25) is 0 Å². The first-order valence-corrected chi connectivity index (χ1v) is 6.75. The molecule has 0 amide bonds. The van der Waals surface area contributed by atoms with Crippen molar-refractivity contribution < 1.29 is 0 Å². The number of nitrogens with one attached hydrogen (secondary N) is 2. The summed E-state index contributed by atoms with van der Waals surface area (Å²) in [4.78, 5) is 0. The highest BCUT2D eigenvalue weighted by atomic mass is 32.1. The van der Waals surface area contributed by atoms with Gasteiger partial charge in [-0.1, -0.05) is 30.3 Å². The van der Waals surface area contributed by atoms with E-state index in [-0.39, 0.29) is 0 Å². The highest BCUT2D eigenvalue weighted by Gasteiger charge is 1.99. The second-order valence-electron chi connectivity index (χ2n) is 4.23. The van der Waals surface area contributed by atoms with Gasteiger partial charge >= 0.3 is 0 Å². The molecule has 0 aliphatic rings. The van der Waals surface area contributed by atoms with Crippen molar-refractivity contribution in [2.24, 2.45) is 0 Å². The van der Waals surface area contributed by atoms with E-state index in [4.69, 9.17) is 12.2 Å². The van der Waals surface area contributed by atoms with Crippen molar-refractivity contribution in [2.75, 3.05) is 0 Å². The number of nitrogens with zero attached hydrogens (tertiary/aromatic N) is 2. The first-order valence-electron chi connectivity index (χ1n) is 6.35. The molecule has 100 valence electrons. The van der Waals surface area contributed by atoms with E-state index >= 15 is 0 Å². The zero-order chi connectivity index (χ0) is 13.5. The van der Waals surface area contributed by atoms with Crippen molar-refractivity contribution >= 4 is 17.3 Å². The predicted octanol–water partition coefficient (Wildman–Crippen LogP) is 2.07. The van der Waals surface area contributed by atoms with E-state index < -0.39 is 0 Å². The Morgan fingerprint density at radius 1 is 1.16 bits per heavy atom. The summed E-state index contributed by atoms with van der Waals surface area (Å²) < 4.78 is 1.90. The molecular weight excluding hydrogens is 256 g/mol. The van der Waals surface area contributed by atoms with Gasteiger partial charge < -0.3 is 10.6 Å². The van der Waals surface area contributed by atoms with E-state index in [0.717, 1.165) is 18.7 Å². The fraction of sp³-hybridized carbons (Fsp3) is 0.286. The Kier molecular flexibility index (Phi) is 4.92. The van der Waals surface area contributed by atoms with Gasteiger partial charge in [-0.25, -0.2) is 0 Å². The van der Waals surface area contributed by atoms with Gasteiger partial charge in [0.05, 0.1) is 6.20 Å². The standard InChI is InChI=1S/C14H18N4S/c1-2-18-11-13(10-17-18)9-16-14(19)15-8-12-6-4-3-5-7-12/h3-7,10-11H,2,8-9H2,1H3,(H2,15,16,19). The molecule has 1 aromatic carbocycles. The molecule has 2 rings (SSSR count). The smallest absolute Gasteiger partial charge is 0.166 e. The van der Waals surface area contributed by atoms with Crippen LogP contribution in [0, 0.1) is 0 Å². The maximum atomic E-state index is 5.24. The van der Waals surface area contributed by atoms with Gasteiger partial charge in [0.1, 0.15) is 0 Å². The number of aromatic nitrogens is 2. The summed E-state index contributed by atoms with van der Waals surface area (Å²) in [5, 5.41) is 11.2. The van der Waals surface area contributed by atoms with Crippen molar-refractivity contribution in [3.8, 4) is 0 Å². The summed E-state index contributed by atoms with van der Waals surface area (Å²) >= 11 is 5.24. The number of aryl methyl sites for hydroxylation is 1. The highest BCUT2D eigenvalue weighted by molar-refractivity contribution is 7.80. The molecule has 0 fully saturated rings. The summed E-state index contributed by atoms with van der Waals surface area (Å²) in [5.74, 6) is 0. The van der Waals surface area contributed by atoms with Crippen LogP contribution >= 0.6 is 12.2 Å². The fourth-order valence-electron chi connectivity index (χ4n) is 1.69. The van der Waals surface area contributed by atoms with Crippen LogP contribution in [0.5, 0.6) is 0 Å². The summed E-state index contributed by atoms with van der Waals surface area (Å²) in [7, 11) is 0. The second-order valence-corrected chi connectivity index (χ2v) is 4.63. The van der Waals surface area contributed by atoms with Crippen molar-refractivity contribution in [1.29, 1.82) is 0 Å². The SMILES string of the molecule is CCn1cc(CNC(=S)NCc2ccccc2)cn1. The topological polar surface area (TPSA) is 41.9 Å². The van der Waals surface area contributed by atoms with Crippen LogP contribution < -0.4 is 10.6 Å². The summed E-state index contributed by atoms with van der Waals surface area (Å²) in [6.45, 7) is 4.38. The average molecular weight is 274 g/mol. The fourth-order valence-corrected chi connectivity index (χ4v) is 1.84. The quantitative estimate of drug-likeness (QED) is 0.819. The lowest BCUT2D eigenvalue weighted by molar-refractivity contribution is 0.659. The van der Waals surface area contributed by atoms with E-state index in [1.165, 1.54) is 5.56 Å². The molecule has 0 saturated heterocycles. The second kappa shape index (κ2) is 6.89. The zero-order valence-corrected chi connectivity index (χ0v) is 11.8. The predicted molar refractivity (Wildman–Crippen MR) is 80.6 cm³/mol. The first kappa shape index (κ1) is 13.5. The molecule has 0 saturated carbocycles. The van der Waals surface area contributed by atoms with Gasteiger partial charge in [-0.3, -0.25) is 4.68 Å². The van der Waals surface area contributed by atoms with Crippen LogP contribution in [0.25, 0.3) is 0 Å². The van der Waals surface area contributed by atoms with Gasteiger partial charge in [0.25, 0.3) is 0 Å². The number of hydrogen-bond donors (Lipinski definition) is 2. The molecule has 1 heterocycles. The van der Waals surface area contributed by atoms with E-state index in [2.05, 4.69) is 34.8 Å². The highest BCUT2D eigenvalue weighted by Crippen LogP contribution is 1.98. The normalized spacial score (nSPS) is 10.2. The van der Waals surface area contributed by atoms with Gasteiger partial charge in [0.2, 0.25) is 0 Å². The molecule has 0 aliphatic heterocycles. The largest absolute Gasteiger partial charge is 0.359 e. The van der Waals surface area contributed by atoms with Gasteiger partial charge in [-0.2, -0.15) is 5.10 Å². The number of rotatable bonds is 5. The summed E-state index contributed by atoms with van der Waals surface area (Å²) in [6.07, 6.45) is 3.88. The Bertz CT molecular complexity index is 521. The molecule has 0 bridgehead atoms. The van der Waals surface area contributed by atoms with Crippen LogP contribution in [0.1, 0.15) is 18.1 Å². The van der Waals surface area contributed by atoms with Crippen LogP contribution in [0.3, 0.4) is 0 Å².